The number of ether oxygens (including phenoxy) is 1. The van der Waals surface area contributed by atoms with Crippen molar-refractivity contribution in [2.75, 3.05) is 7.11 Å². The Bertz CT molecular complexity index is 304. The van der Waals surface area contributed by atoms with Crippen LogP contribution in [0.3, 0.4) is 0 Å². The standard InChI is InChI=1S/C15H27NO2/c1-14(10-11-14)15(2,13(17)18-3)16-12-8-6-4-5-7-9-12/h12,16H,4-11H2,1-3H3. The molecule has 104 valence electrons. The van der Waals surface area contributed by atoms with Crippen molar-refractivity contribution >= 4 is 5.97 Å². The van der Waals surface area contributed by atoms with Crippen molar-refractivity contribution < 1.29 is 9.53 Å². The maximum Gasteiger partial charge on any atom is 0.326 e. The van der Waals surface area contributed by atoms with Crippen molar-refractivity contribution in [1.82, 2.24) is 5.32 Å². The summed E-state index contributed by atoms with van der Waals surface area (Å²) in [6.45, 7) is 4.24. The summed E-state index contributed by atoms with van der Waals surface area (Å²) in [7, 11) is 1.50. The second-order valence-electron chi connectivity index (χ2n) is 6.51. The molecule has 0 bridgehead atoms. The summed E-state index contributed by atoms with van der Waals surface area (Å²) in [4.78, 5) is 12.2. The van der Waals surface area contributed by atoms with Gasteiger partial charge < -0.3 is 4.74 Å². The molecule has 0 aromatic heterocycles. The lowest BCUT2D eigenvalue weighted by molar-refractivity contribution is -0.151. The lowest BCUT2D eigenvalue weighted by atomic mass is 9.82. The third kappa shape index (κ3) is 2.56. The Morgan fingerprint density at radius 1 is 1.22 bits per heavy atom. The summed E-state index contributed by atoms with van der Waals surface area (Å²) in [6, 6.07) is 0.481. The van der Waals surface area contributed by atoms with Crippen molar-refractivity contribution in [3.63, 3.8) is 0 Å². The first-order valence-electron chi connectivity index (χ1n) is 7.38. The summed E-state index contributed by atoms with van der Waals surface area (Å²) in [6.07, 6.45) is 9.88. The number of carbonyl (C=O) groups is 1. The minimum Gasteiger partial charge on any atom is -0.468 e. The second kappa shape index (κ2) is 5.20. The molecular formula is C15H27NO2. The Balaban J connectivity index is 2.07. The fourth-order valence-corrected chi connectivity index (χ4v) is 3.20. The Hall–Kier alpha value is -0.570. The molecule has 0 amide bonds. The van der Waals surface area contributed by atoms with Crippen LogP contribution in [0.15, 0.2) is 0 Å². The van der Waals surface area contributed by atoms with E-state index in [0.717, 1.165) is 12.8 Å². The van der Waals surface area contributed by atoms with Gasteiger partial charge >= 0.3 is 5.97 Å². The molecule has 1 unspecified atom stereocenters. The number of nitrogens with one attached hydrogen (secondary N) is 1. The number of hydrogen-bond acceptors (Lipinski definition) is 3. The molecule has 2 aliphatic carbocycles. The van der Waals surface area contributed by atoms with Crippen LogP contribution < -0.4 is 5.32 Å². The molecule has 3 heteroatoms. The van der Waals surface area contributed by atoms with Gasteiger partial charge in [0.25, 0.3) is 0 Å². The van der Waals surface area contributed by atoms with E-state index in [1.165, 1.54) is 45.6 Å². The van der Waals surface area contributed by atoms with E-state index in [9.17, 15) is 4.79 Å². The van der Waals surface area contributed by atoms with Crippen LogP contribution in [0.2, 0.25) is 0 Å². The van der Waals surface area contributed by atoms with Gasteiger partial charge in [0, 0.05) is 6.04 Å². The van der Waals surface area contributed by atoms with Gasteiger partial charge in [0.15, 0.2) is 0 Å². The topological polar surface area (TPSA) is 38.3 Å². The Morgan fingerprint density at radius 3 is 2.22 bits per heavy atom. The summed E-state index contributed by atoms with van der Waals surface area (Å²) < 4.78 is 5.05. The smallest absolute Gasteiger partial charge is 0.326 e. The van der Waals surface area contributed by atoms with Crippen LogP contribution in [0.25, 0.3) is 0 Å². The third-order valence-electron chi connectivity index (χ3n) is 5.15. The third-order valence-corrected chi connectivity index (χ3v) is 5.15. The highest BCUT2D eigenvalue weighted by molar-refractivity contribution is 5.82. The highest BCUT2D eigenvalue weighted by atomic mass is 16.5. The molecule has 0 aromatic rings. The summed E-state index contributed by atoms with van der Waals surface area (Å²) in [5.74, 6) is -0.0910. The van der Waals surface area contributed by atoms with Gasteiger partial charge in [0.1, 0.15) is 5.54 Å². The van der Waals surface area contributed by atoms with Crippen LogP contribution in [-0.4, -0.2) is 24.7 Å². The molecule has 2 saturated carbocycles. The van der Waals surface area contributed by atoms with Crippen LogP contribution in [0.5, 0.6) is 0 Å². The van der Waals surface area contributed by atoms with Gasteiger partial charge in [-0.15, -0.1) is 0 Å². The Morgan fingerprint density at radius 2 is 1.78 bits per heavy atom. The van der Waals surface area contributed by atoms with Gasteiger partial charge in [-0.05, 0) is 38.0 Å². The van der Waals surface area contributed by atoms with Crippen LogP contribution in [0, 0.1) is 5.41 Å². The summed E-state index contributed by atoms with van der Waals surface area (Å²) in [5.41, 5.74) is -0.414. The zero-order valence-electron chi connectivity index (χ0n) is 12.1. The SMILES string of the molecule is COC(=O)C(C)(NC1CCCCCC1)C1(C)CC1. The largest absolute Gasteiger partial charge is 0.468 e. The Kier molecular flexibility index (Phi) is 4.00. The summed E-state index contributed by atoms with van der Waals surface area (Å²) >= 11 is 0. The van der Waals surface area contributed by atoms with Gasteiger partial charge in [-0.25, -0.2) is 0 Å². The van der Waals surface area contributed by atoms with E-state index < -0.39 is 5.54 Å². The minimum absolute atomic E-state index is 0.0897. The van der Waals surface area contributed by atoms with Crippen LogP contribution in [-0.2, 0) is 9.53 Å². The average Bonchev–Trinajstić information content (AvgIpc) is 3.14. The van der Waals surface area contributed by atoms with E-state index in [2.05, 4.69) is 12.2 Å². The van der Waals surface area contributed by atoms with Crippen LogP contribution >= 0.6 is 0 Å². The van der Waals surface area contributed by atoms with Crippen molar-refractivity contribution in [3.05, 3.63) is 0 Å². The molecule has 2 rings (SSSR count). The molecule has 1 atom stereocenters. The summed E-state index contributed by atoms with van der Waals surface area (Å²) in [5, 5.41) is 3.65. The van der Waals surface area contributed by atoms with E-state index in [1.54, 1.807) is 0 Å². The number of hydrogen-bond donors (Lipinski definition) is 1. The maximum atomic E-state index is 12.2. The van der Waals surface area contributed by atoms with Crippen LogP contribution in [0.1, 0.15) is 65.2 Å². The van der Waals surface area contributed by atoms with Gasteiger partial charge in [0.05, 0.1) is 7.11 Å². The highest BCUT2D eigenvalue weighted by Gasteiger charge is 2.58. The monoisotopic (exact) mass is 253 g/mol. The van der Waals surface area contributed by atoms with E-state index in [-0.39, 0.29) is 11.4 Å². The molecule has 2 aliphatic rings. The van der Waals surface area contributed by atoms with E-state index in [4.69, 9.17) is 4.74 Å². The lowest BCUT2D eigenvalue weighted by Crippen LogP contribution is -2.59. The normalized spacial score (nSPS) is 27.1. The van der Waals surface area contributed by atoms with Crippen molar-refractivity contribution in [2.45, 2.75) is 76.8 Å². The second-order valence-corrected chi connectivity index (χ2v) is 6.51. The average molecular weight is 253 g/mol. The number of rotatable bonds is 4. The van der Waals surface area contributed by atoms with Gasteiger partial charge in [-0.3, -0.25) is 10.1 Å². The molecule has 0 aliphatic heterocycles. The molecule has 2 fully saturated rings. The molecule has 0 radical (unpaired) electrons. The zero-order chi connectivity index (χ0) is 13.2. The molecule has 0 spiro atoms. The molecule has 0 heterocycles. The molecule has 3 nitrogen and oxygen atoms in total. The quantitative estimate of drug-likeness (QED) is 0.618. The van der Waals surface area contributed by atoms with E-state index >= 15 is 0 Å². The first kappa shape index (κ1) is 13.9. The predicted octanol–water partition coefficient (Wildman–Crippen LogP) is 3.03. The fourth-order valence-electron chi connectivity index (χ4n) is 3.20. The molecule has 0 aromatic carbocycles. The first-order chi connectivity index (χ1) is 8.52. The molecule has 1 N–H and O–H groups in total. The van der Waals surface area contributed by atoms with Crippen molar-refractivity contribution in [2.24, 2.45) is 5.41 Å². The minimum atomic E-state index is -0.503. The highest BCUT2D eigenvalue weighted by Crippen LogP contribution is 2.54. The van der Waals surface area contributed by atoms with Gasteiger partial charge in [0.2, 0.25) is 0 Å². The first-order valence-corrected chi connectivity index (χ1v) is 7.38. The van der Waals surface area contributed by atoms with Crippen LogP contribution in [0.4, 0.5) is 0 Å². The number of esters is 1. The fraction of sp³-hybridized carbons (Fsp3) is 0.933. The molecule has 0 saturated heterocycles. The Labute approximate surface area is 111 Å². The van der Waals surface area contributed by atoms with Crippen molar-refractivity contribution in [1.29, 1.82) is 0 Å². The molecular weight excluding hydrogens is 226 g/mol. The number of methoxy groups -OCH3 is 1. The maximum absolute atomic E-state index is 12.2. The van der Waals surface area contributed by atoms with Crippen molar-refractivity contribution in [3.8, 4) is 0 Å². The van der Waals surface area contributed by atoms with E-state index in [0.29, 0.717) is 6.04 Å². The van der Waals surface area contributed by atoms with E-state index in [1.807, 2.05) is 6.92 Å². The predicted molar refractivity (Wildman–Crippen MR) is 72.4 cm³/mol. The number of carbonyl (C=O) groups excluding carboxylic acids is 1. The van der Waals surface area contributed by atoms with Gasteiger partial charge in [-0.1, -0.05) is 32.6 Å². The zero-order valence-corrected chi connectivity index (χ0v) is 12.1. The van der Waals surface area contributed by atoms with Gasteiger partial charge in [-0.2, -0.15) is 0 Å². The molecule has 18 heavy (non-hydrogen) atoms. The lowest BCUT2D eigenvalue weighted by Gasteiger charge is -2.37.